The molecule has 0 saturated heterocycles. The predicted molar refractivity (Wildman–Crippen MR) is 89.1 cm³/mol. The molecule has 3 rings (SSSR count). The number of hydrogen-bond donors (Lipinski definition) is 2. The Labute approximate surface area is 138 Å². The van der Waals surface area contributed by atoms with Crippen molar-refractivity contribution in [1.82, 2.24) is 5.32 Å². The summed E-state index contributed by atoms with van der Waals surface area (Å²) in [4.78, 5) is 12.3. The van der Waals surface area contributed by atoms with E-state index < -0.39 is 6.10 Å². The van der Waals surface area contributed by atoms with Crippen LogP contribution in [-0.4, -0.2) is 23.7 Å². The van der Waals surface area contributed by atoms with Crippen LogP contribution in [0.1, 0.15) is 51.2 Å². The van der Waals surface area contributed by atoms with E-state index in [9.17, 15) is 9.90 Å². The number of nitrogens with one attached hydrogen (secondary N) is 1. The molecule has 2 aliphatic carbocycles. The highest BCUT2D eigenvalue weighted by molar-refractivity contribution is 5.79. The molecule has 0 heterocycles. The first-order valence-electron chi connectivity index (χ1n) is 8.75. The van der Waals surface area contributed by atoms with Gasteiger partial charge in [-0.2, -0.15) is 0 Å². The third-order valence-corrected chi connectivity index (χ3v) is 5.18. The lowest BCUT2D eigenvalue weighted by atomic mass is 9.88. The highest BCUT2D eigenvalue weighted by Crippen LogP contribution is 2.48. The molecule has 4 nitrogen and oxygen atoms in total. The quantitative estimate of drug-likeness (QED) is 0.848. The van der Waals surface area contributed by atoms with Crippen LogP contribution in [0.5, 0.6) is 5.75 Å². The van der Waals surface area contributed by atoms with Gasteiger partial charge in [-0.1, -0.05) is 18.6 Å². The average Bonchev–Trinajstić information content (AvgIpc) is 3.15. The Kier molecular flexibility index (Phi) is 4.90. The summed E-state index contributed by atoms with van der Waals surface area (Å²) in [7, 11) is 0. The summed E-state index contributed by atoms with van der Waals surface area (Å²) in [6, 6.07) is 7.42. The number of benzene rings is 1. The van der Waals surface area contributed by atoms with Gasteiger partial charge in [-0.15, -0.1) is 0 Å². The third-order valence-electron chi connectivity index (χ3n) is 5.18. The topological polar surface area (TPSA) is 58.6 Å². The molecule has 2 N–H and O–H groups in total. The van der Waals surface area contributed by atoms with E-state index in [1.807, 2.05) is 38.1 Å². The molecule has 2 saturated carbocycles. The first-order valence-corrected chi connectivity index (χ1v) is 8.75. The lowest BCUT2D eigenvalue weighted by Gasteiger charge is -2.22. The maximum Gasteiger partial charge on any atom is 0.223 e. The number of carbonyl (C=O) groups is 1. The fourth-order valence-electron chi connectivity index (χ4n) is 4.05. The van der Waals surface area contributed by atoms with Gasteiger partial charge in [0.25, 0.3) is 0 Å². The standard InChI is InChI=1S/C19H27NO3/c1-12(2)23-16-7-5-14(6-8-16)18(21)11-20-19(22)17-10-13-3-4-15(17)9-13/h5-8,12-13,15,17-18,21H,3-4,9-11H2,1-2H3,(H,20,22). The number of hydrogen-bond acceptors (Lipinski definition) is 3. The van der Waals surface area contributed by atoms with Gasteiger partial charge in [0.05, 0.1) is 12.2 Å². The van der Waals surface area contributed by atoms with Gasteiger partial charge in [0.1, 0.15) is 5.75 Å². The van der Waals surface area contributed by atoms with Crippen molar-refractivity contribution in [1.29, 1.82) is 0 Å². The number of ether oxygens (including phenoxy) is 1. The Morgan fingerprint density at radius 1 is 1.26 bits per heavy atom. The smallest absolute Gasteiger partial charge is 0.223 e. The van der Waals surface area contributed by atoms with Crippen molar-refractivity contribution in [3.63, 3.8) is 0 Å². The molecule has 126 valence electrons. The van der Waals surface area contributed by atoms with Gasteiger partial charge in [0.15, 0.2) is 0 Å². The molecule has 1 amide bonds. The minimum atomic E-state index is -0.675. The number of amides is 1. The van der Waals surface area contributed by atoms with Gasteiger partial charge in [-0.25, -0.2) is 0 Å². The summed E-state index contributed by atoms with van der Waals surface area (Å²) in [5, 5.41) is 13.2. The number of aliphatic hydroxyl groups is 1. The van der Waals surface area contributed by atoms with Crippen molar-refractivity contribution in [2.24, 2.45) is 17.8 Å². The second-order valence-electron chi connectivity index (χ2n) is 7.28. The van der Waals surface area contributed by atoms with Crippen molar-refractivity contribution in [2.45, 2.75) is 51.7 Å². The molecule has 2 bridgehead atoms. The number of aliphatic hydroxyl groups excluding tert-OH is 1. The Morgan fingerprint density at radius 2 is 2.00 bits per heavy atom. The highest BCUT2D eigenvalue weighted by atomic mass is 16.5. The monoisotopic (exact) mass is 317 g/mol. The van der Waals surface area contributed by atoms with E-state index in [0.717, 1.165) is 23.7 Å². The van der Waals surface area contributed by atoms with E-state index >= 15 is 0 Å². The zero-order chi connectivity index (χ0) is 16.4. The number of carbonyl (C=O) groups excluding carboxylic acids is 1. The Bertz CT molecular complexity index is 540. The largest absolute Gasteiger partial charge is 0.491 e. The van der Waals surface area contributed by atoms with E-state index in [1.54, 1.807) is 0 Å². The molecule has 4 unspecified atom stereocenters. The van der Waals surface area contributed by atoms with Crippen LogP contribution >= 0.6 is 0 Å². The molecule has 4 atom stereocenters. The molecule has 0 radical (unpaired) electrons. The van der Waals surface area contributed by atoms with Crippen LogP contribution in [0, 0.1) is 17.8 Å². The van der Waals surface area contributed by atoms with Gasteiger partial charge in [-0.3, -0.25) is 4.79 Å². The van der Waals surface area contributed by atoms with Crippen LogP contribution in [-0.2, 0) is 4.79 Å². The van der Waals surface area contributed by atoms with E-state index in [-0.39, 0.29) is 24.5 Å². The Morgan fingerprint density at radius 3 is 2.57 bits per heavy atom. The zero-order valence-corrected chi connectivity index (χ0v) is 14.0. The molecule has 2 fully saturated rings. The van der Waals surface area contributed by atoms with Crippen LogP contribution in [0.4, 0.5) is 0 Å². The number of fused-ring (bicyclic) bond motifs is 2. The van der Waals surface area contributed by atoms with Gasteiger partial charge in [0, 0.05) is 12.5 Å². The van der Waals surface area contributed by atoms with Gasteiger partial charge in [0.2, 0.25) is 5.91 Å². The zero-order valence-electron chi connectivity index (χ0n) is 14.0. The Balaban J connectivity index is 1.49. The van der Waals surface area contributed by atoms with E-state index in [4.69, 9.17) is 4.74 Å². The summed E-state index contributed by atoms with van der Waals surface area (Å²) in [6.07, 6.45) is 4.20. The molecule has 0 aliphatic heterocycles. The molecule has 0 aromatic heterocycles. The van der Waals surface area contributed by atoms with Gasteiger partial charge >= 0.3 is 0 Å². The summed E-state index contributed by atoms with van der Waals surface area (Å²) in [5.41, 5.74) is 0.800. The molecule has 2 aliphatic rings. The molecule has 23 heavy (non-hydrogen) atoms. The van der Waals surface area contributed by atoms with Gasteiger partial charge in [-0.05, 0) is 62.6 Å². The molecular formula is C19H27NO3. The fourth-order valence-corrected chi connectivity index (χ4v) is 4.05. The SMILES string of the molecule is CC(C)Oc1ccc(C(O)CNC(=O)C2CC3CCC2C3)cc1. The molecule has 4 heteroatoms. The second kappa shape index (κ2) is 6.91. The third kappa shape index (κ3) is 3.86. The summed E-state index contributed by atoms with van der Waals surface area (Å²) in [6.45, 7) is 4.24. The molecule has 1 aromatic carbocycles. The van der Waals surface area contributed by atoms with Gasteiger partial charge < -0.3 is 15.2 Å². The lowest BCUT2D eigenvalue weighted by molar-refractivity contribution is -0.127. The summed E-state index contributed by atoms with van der Waals surface area (Å²) < 4.78 is 5.59. The normalized spacial score (nSPS) is 27.2. The maximum absolute atomic E-state index is 12.3. The average molecular weight is 317 g/mol. The van der Waals surface area contributed by atoms with Crippen molar-refractivity contribution < 1.29 is 14.6 Å². The van der Waals surface area contributed by atoms with Crippen molar-refractivity contribution in [2.75, 3.05) is 6.54 Å². The van der Waals surface area contributed by atoms with Crippen LogP contribution in [0.25, 0.3) is 0 Å². The number of rotatable bonds is 6. The maximum atomic E-state index is 12.3. The van der Waals surface area contributed by atoms with Crippen molar-refractivity contribution >= 4 is 5.91 Å². The van der Waals surface area contributed by atoms with Crippen LogP contribution in [0.15, 0.2) is 24.3 Å². The molecular weight excluding hydrogens is 290 g/mol. The minimum Gasteiger partial charge on any atom is -0.491 e. The highest BCUT2D eigenvalue weighted by Gasteiger charge is 2.42. The van der Waals surface area contributed by atoms with Crippen molar-refractivity contribution in [3.8, 4) is 5.75 Å². The first kappa shape index (κ1) is 16.3. The van der Waals surface area contributed by atoms with Crippen LogP contribution in [0.3, 0.4) is 0 Å². The second-order valence-corrected chi connectivity index (χ2v) is 7.28. The lowest BCUT2D eigenvalue weighted by Crippen LogP contribution is -2.36. The van der Waals surface area contributed by atoms with Crippen molar-refractivity contribution in [3.05, 3.63) is 29.8 Å². The predicted octanol–water partition coefficient (Wildman–Crippen LogP) is 3.06. The molecule has 1 aromatic rings. The van der Waals surface area contributed by atoms with E-state index in [1.165, 1.54) is 19.3 Å². The molecule has 0 spiro atoms. The Hall–Kier alpha value is -1.55. The van der Waals surface area contributed by atoms with E-state index in [2.05, 4.69) is 5.32 Å². The fraction of sp³-hybridized carbons (Fsp3) is 0.632. The summed E-state index contributed by atoms with van der Waals surface area (Å²) >= 11 is 0. The first-order chi connectivity index (χ1) is 11.0. The van der Waals surface area contributed by atoms with Crippen LogP contribution < -0.4 is 10.1 Å². The van der Waals surface area contributed by atoms with Crippen LogP contribution in [0.2, 0.25) is 0 Å². The summed E-state index contributed by atoms with van der Waals surface area (Å²) in [5.74, 6) is 2.42. The van der Waals surface area contributed by atoms with E-state index in [0.29, 0.717) is 5.92 Å². The minimum absolute atomic E-state index is 0.121.